The van der Waals surface area contributed by atoms with Crippen LogP contribution in [0.4, 0.5) is 0 Å². The molecule has 0 spiro atoms. The van der Waals surface area contributed by atoms with Crippen LogP contribution < -0.4 is 0 Å². The van der Waals surface area contributed by atoms with Gasteiger partial charge in [0.2, 0.25) is 5.91 Å². The maximum Gasteiger partial charge on any atom is 0.232 e. The molecule has 1 amide bonds. The van der Waals surface area contributed by atoms with E-state index in [4.69, 9.17) is 0 Å². The zero-order valence-electron chi connectivity index (χ0n) is 9.61. The topological polar surface area (TPSA) is 40.5 Å². The van der Waals surface area contributed by atoms with Gasteiger partial charge in [0.25, 0.3) is 0 Å². The highest BCUT2D eigenvalue weighted by Gasteiger charge is 2.26. The van der Waals surface area contributed by atoms with Gasteiger partial charge in [0.1, 0.15) is 0 Å². The summed E-state index contributed by atoms with van der Waals surface area (Å²) in [6.07, 6.45) is 1.70. The normalized spacial score (nSPS) is 26.7. The van der Waals surface area contributed by atoms with Gasteiger partial charge in [0.15, 0.2) is 0 Å². The van der Waals surface area contributed by atoms with E-state index in [0.717, 1.165) is 25.1 Å². The van der Waals surface area contributed by atoms with E-state index in [2.05, 4.69) is 6.92 Å². The monoisotopic (exact) mass is 231 g/mol. The molecule has 0 aliphatic carbocycles. The number of nitrogens with zero attached hydrogens (tertiary/aromatic N) is 1. The lowest BCUT2D eigenvalue weighted by atomic mass is 9.96. The number of thioether (sulfide) groups is 1. The molecule has 0 saturated carbocycles. The molecule has 0 aromatic carbocycles. The summed E-state index contributed by atoms with van der Waals surface area (Å²) < 4.78 is 0. The molecule has 1 aliphatic heterocycles. The molecule has 3 nitrogen and oxygen atoms in total. The Balaban J connectivity index is 2.28. The van der Waals surface area contributed by atoms with E-state index in [1.54, 1.807) is 16.7 Å². The second-order valence-electron chi connectivity index (χ2n) is 4.23. The van der Waals surface area contributed by atoms with E-state index in [9.17, 15) is 9.90 Å². The molecule has 0 bridgehead atoms. The Morgan fingerprint density at radius 3 is 2.93 bits per heavy atom. The number of carbonyl (C=O) groups is 1. The van der Waals surface area contributed by atoms with Gasteiger partial charge in [-0.3, -0.25) is 4.79 Å². The van der Waals surface area contributed by atoms with Crippen molar-refractivity contribution in [1.82, 2.24) is 4.90 Å². The Morgan fingerprint density at radius 2 is 2.33 bits per heavy atom. The predicted molar refractivity (Wildman–Crippen MR) is 64.0 cm³/mol. The first-order valence-corrected chi connectivity index (χ1v) is 6.84. The van der Waals surface area contributed by atoms with E-state index in [-0.39, 0.29) is 12.0 Å². The summed E-state index contributed by atoms with van der Waals surface area (Å²) >= 11 is 1.68. The second-order valence-corrected chi connectivity index (χ2v) is 5.33. The number of aliphatic hydroxyl groups is 1. The van der Waals surface area contributed by atoms with E-state index < -0.39 is 0 Å². The lowest BCUT2D eigenvalue weighted by molar-refractivity contribution is -0.132. The molecular weight excluding hydrogens is 210 g/mol. The molecule has 1 aliphatic rings. The van der Waals surface area contributed by atoms with E-state index in [0.29, 0.717) is 18.2 Å². The molecule has 4 heteroatoms. The maximum absolute atomic E-state index is 11.7. The fourth-order valence-electron chi connectivity index (χ4n) is 1.67. The first-order chi connectivity index (χ1) is 7.15. The highest BCUT2D eigenvalue weighted by Crippen LogP contribution is 2.17. The lowest BCUT2D eigenvalue weighted by Crippen LogP contribution is -2.46. The minimum Gasteiger partial charge on any atom is -0.391 e. The Kier molecular flexibility index (Phi) is 5.47. The fraction of sp³-hybridized carbons (Fsp3) is 0.909. The first-order valence-electron chi connectivity index (χ1n) is 5.68. The van der Waals surface area contributed by atoms with Crippen molar-refractivity contribution < 1.29 is 9.90 Å². The quantitative estimate of drug-likeness (QED) is 0.743. The van der Waals surface area contributed by atoms with Gasteiger partial charge in [-0.2, -0.15) is 11.8 Å². The Bertz CT molecular complexity index is 211. The molecule has 1 heterocycles. The van der Waals surface area contributed by atoms with E-state index >= 15 is 0 Å². The maximum atomic E-state index is 11.7. The van der Waals surface area contributed by atoms with Gasteiger partial charge in [-0.05, 0) is 24.5 Å². The summed E-state index contributed by atoms with van der Waals surface area (Å²) in [7, 11) is 0. The third-order valence-corrected chi connectivity index (χ3v) is 3.99. The Morgan fingerprint density at radius 1 is 1.60 bits per heavy atom. The SMILES string of the molecule is CCCSCC(=O)N1CCC(C)C(O)C1. The molecule has 2 unspecified atom stereocenters. The van der Waals surface area contributed by atoms with Crippen LogP contribution in [0.2, 0.25) is 0 Å². The molecule has 0 aromatic rings. The number of carbonyl (C=O) groups excluding carboxylic acids is 1. The summed E-state index contributed by atoms with van der Waals surface area (Å²) in [5.74, 6) is 2.12. The van der Waals surface area contributed by atoms with Crippen molar-refractivity contribution in [2.45, 2.75) is 32.8 Å². The number of amides is 1. The summed E-state index contributed by atoms with van der Waals surface area (Å²) in [6, 6.07) is 0. The molecule has 0 aromatic heterocycles. The van der Waals surface area contributed by atoms with Crippen LogP contribution in [0.3, 0.4) is 0 Å². The second kappa shape index (κ2) is 6.38. The fourth-order valence-corrected chi connectivity index (χ4v) is 2.46. The van der Waals surface area contributed by atoms with Gasteiger partial charge >= 0.3 is 0 Å². The molecule has 2 atom stereocenters. The van der Waals surface area contributed by atoms with Crippen LogP contribution in [0, 0.1) is 5.92 Å². The molecule has 1 N–H and O–H groups in total. The molecule has 0 radical (unpaired) electrons. The number of piperidine rings is 1. The zero-order valence-corrected chi connectivity index (χ0v) is 10.4. The molecule has 15 heavy (non-hydrogen) atoms. The standard InChI is InChI=1S/C11H21NO2S/c1-3-6-15-8-11(14)12-5-4-9(2)10(13)7-12/h9-10,13H,3-8H2,1-2H3. The number of rotatable bonds is 4. The first kappa shape index (κ1) is 12.8. The van der Waals surface area contributed by atoms with Crippen LogP contribution in [-0.2, 0) is 4.79 Å². The third kappa shape index (κ3) is 4.03. The van der Waals surface area contributed by atoms with Crippen molar-refractivity contribution in [3.05, 3.63) is 0 Å². The lowest BCUT2D eigenvalue weighted by Gasteiger charge is -2.34. The molecule has 1 rings (SSSR count). The van der Waals surface area contributed by atoms with Crippen molar-refractivity contribution in [2.24, 2.45) is 5.92 Å². The molecule has 1 saturated heterocycles. The summed E-state index contributed by atoms with van der Waals surface area (Å²) in [4.78, 5) is 13.5. The number of aliphatic hydroxyl groups excluding tert-OH is 1. The van der Waals surface area contributed by atoms with Crippen molar-refractivity contribution >= 4 is 17.7 Å². The predicted octanol–water partition coefficient (Wildman–Crippen LogP) is 1.36. The van der Waals surface area contributed by atoms with Crippen LogP contribution in [0.25, 0.3) is 0 Å². The summed E-state index contributed by atoms with van der Waals surface area (Å²) in [5.41, 5.74) is 0. The molecule has 1 fully saturated rings. The van der Waals surface area contributed by atoms with Gasteiger partial charge in [0.05, 0.1) is 11.9 Å². The molecule has 88 valence electrons. The van der Waals surface area contributed by atoms with Crippen LogP contribution in [0.15, 0.2) is 0 Å². The van der Waals surface area contributed by atoms with Crippen molar-refractivity contribution in [1.29, 1.82) is 0 Å². The number of β-amino-alcohol motifs (C(OH)–C–C–N with tert-alkyl or cyclic N) is 1. The van der Waals surface area contributed by atoms with Gasteiger partial charge in [-0.25, -0.2) is 0 Å². The van der Waals surface area contributed by atoms with Crippen molar-refractivity contribution in [3.8, 4) is 0 Å². The number of hydrogen-bond acceptors (Lipinski definition) is 3. The van der Waals surface area contributed by atoms with Crippen LogP contribution in [0.5, 0.6) is 0 Å². The Labute approximate surface area is 96.2 Å². The average molecular weight is 231 g/mol. The summed E-state index contributed by atoms with van der Waals surface area (Å²) in [5, 5.41) is 9.67. The van der Waals surface area contributed by atoms with Gasteiger partial charge in [-0.1, -0.05) is 13.8 Å². The average Bonchev–Trinajstić information content (AvgIpc) is 2.22. The largest absolute Gasteiger partial charge is 0.391 e. The van der Waals surface area contributed by atoms with Crippen LogP contribution in [-0.4, -0.2) is 46.6 Å². The van der Waals surface area contributed by atoms with Crippen LogP contribution in [0.1, 0.15) is 26.7 Å². The third-order valence-electron chi connectivity index (χ3n) is 2.85. The number of likely N-dealkylation sites (tertiary alicyclic amines) is 1. The Hall–Kier alpha value is -0.220. The smallest absolute Gasteiger partial charge is 0.232 e. The van der Waals surface area contributed by atoms with Gasteiger partial charge < -0.3 is 10.0 Å². The zero-order chi connectivity index (χ0) is 11.3. The van der Waals surface area contributed by atoms with Gasteiger partial charge in [-0.15, -0.1) is 0 Å². The van der Waals surface area contributed by atoms with E-state index in [1.807, 2.05) is 6.92 Å². The van der Waals surface area contributed by atoms with Crippen molar-refractivity contribution in [3.63, 3.8) is 0 Å². The minimum absolute atomic E-state index is 0.180. The molecular formula is C11H21NO2S. The minimum atomic E-state index is -0.334. The van der Waals surface area contributed by atoms with E-state index in [1.165, 1.54) is 0 Å². The highest BCUT2D eigenvalue weighted by atomic mass is 32.2. The number of hydrogen-bond donors (Lipinski definition) is 1. The van der Waals surface area contributed by atoms with Crippen molar-refractivity contribution in [2.75, 3.05) is 24.6 Å². The van der Waals surface area contributed by atoms with Crippen LogP contribution >= 0.6 is 11.8 Å². The summed E-state index contributed by atoms with van der Waals surface area (Å²) in [6.45, 7) is 5.48. The highest BCUT2D eigenvalue weighted by molar-refractivity contribution is 7.99. The van der Waals surface area contributed by atoms with Gasteiger partial charge in [0, 0.05) is 13.1 Å².